The Bertz CT molecular complexity index is 252. The van der Waals surface area contributed by atoms with Gasteiger partial charge in [-0.15, -0.1) is 0 Å². The molecule has 2 heteroatoms. The number of hydrogen-bond donors (Lipinski definition) is 1. The summed E-state index contributed by atoms with van der Waals surface area (Å²) < 4.78 is 0. The minimum absolute atomic E-state index is 0.387. The van der Waals surface area contributed by atoms with E-state index in [1.807, 2.05) is 0 Å². The van der Waals surface area contributed by atoms with Gasteiger partial charge in [0.1, 0.15) is 0 Å². The van der Waals surface area contributed by atoms with Crippen LogP contribution in [-0.4, -0.2) is 36.6 Å². The first-order valence-corrected chi connectivity index (χ1v) is 8.65. The van der Waals surface area contributed by atoms with Gasteiger partial charge in [-0.2, -0.15) is 0 Å². The third-order valence-electron chi connectivity index (χ3n) is 5.68. The fourth-order valence-corrected chi connectivity index (χ4v) is 3.98. The number of nitrogens with zero attached hydrogens (tertiary/aromatic N) is 1. The lowest BCUT2D eigenvalue weighted by Crippen LogP contribution is -2.51. The molecule has 0 radical (unpaired) electrons. The molecule has 0 aromatic carbocycles. The topological polar surface area (TPSA) is 15.3 Å². The second-order valence-electron chi connectivity index (χ2n) is 7.13. The van der Waals surface area contributed by atoms with Crippen molar-refractivity contribution in [3.8, 4) is 0 Å². The van der Waals surface area contributed by atoms with Crippen molar-refractivity contribution in [3.05, 3.63) is 0 Å². The number of hydrogen-bond acceptors (Lipinski definition) is 2. The van der Waals surface area contributed by atoms with E-state index in [0.717, 1.165) is 11.8 Å². The van der Waals surface area contributed by atoms with Crippen molar-refractivity contribution in [2.24, 2.45) is 11.8 Å². The summed E-state index contributed by atoms with van der Waals surface area (Å²) >= 11 is 0. The van der Waals surface area contributed by atoms with E-state index in [4.69, 9.17) is 0 Å². The number of rotatable bonds is 4. The Morgan fingerprint density at radius 2 is 1.79 bits per heavy atom. The quantitative estimate of drug-likeness (QED) is 0.835. The molecule has 1 N–H and O–H groups in total. The lowest BCUT2D eigenvalue weighted by atomic mass is 9.82. The highest BCUT2D eigenvalue weighted by atomic mass is 15.2. The van der Waals surface area contributed by atoms with Crippen LogP contribution in [0.3, 0.4) is 0 Å². The Balaban J connectivity index is 1.88. The van der Waals surface area contributed by atoms with Gasteiger partial charge in [-0.25, -0.2) is 0 Å². The second-order valence-corrected chi connectivity index (χ2v) is 7.13. The van der Waals surface area contributed by atoms with Crippen LogP contribution in [-0.2, 0) is 0 Å². The summed E-state index contributed by atoms with van der Waals surface area (Å²) in [7, 11) is 0. The summed E-state index contributed by atoms with van der Waals surface area (Å²) in [6.45, 7) is 12.3. The van der Waals surface area contributed by atoms with E-state index in [-0.39, 0.29) is 0 Å². The summed E-state index contributed by atoms with van der Waals surface area (Å²) in [5, 5.41) is 3.83. The van der Waals surface area contributed by atoms with Gasteiger partial charge in [0.15, 0.2) is 0 Å². The molecule has 0 bridgehead atoms. The summed E-state index contributed by atoms with van der Waals surface area (Å²) in [5.41, 5.74) is 0.387. The van der Waals surface area contributed by atoms with E-state index < -0.39 is 0 Å². The molecule has 2 fully saturated rings. The summed E-state index contributed by atoms with van der Waals surface area (Å²) in [4.78, 5) is 2.77. The average molecular weight is 266 g/mol. The first-order chi connectivity index (χ1) is 9.17. The van der Waals surface area contributed by atoms with Crippen LogP contribution in [0, 0.1) is 11.8 Å². The minimum Gasteiger partial charge on any atom is -0.310 e. The van der Waals surface area contributed by atoms with Crippen LogP contribution >= 0.6 is 0 Å². The molecule has 0 atom stereocenters. The number of nitrogens with one attached hydrogen (secondary N) is 1. The molecule has 0 spiro atoms. The molecule has 1 aliphatic heterocycles. The molecule has 0 amide bonds. The highest BCUT2D eigenvalue weighted by molar-refractivity contribution is 4.91. The van der Waals surface area contributed by atoms with E-state index >= 15 is 0 Å². The van der Waals surface area contributed by atoms with Gasteiger partial charge in [-0.3, -0.25) is 0 Å². The average Bonchev–Trinajstić information content (AvgIpc) is 2.64. The summed E-state index contributed by atoms with van der Waals surface area (Å²) in [6, 6.07) is 0. The van der Waals surface area contributed by atoms with Crippen molar-refractivity contribution in [2.75, 3.05) is 26.2 Å². The van der Waals surface area contributed by atoms with Crippen LogP contribution in [0.25, 0.3) is 0 Å². The largest absolute Gasteiger partial charge is 0.310 e. The Morgan fingerprint density at radius 1 is 1.11 bits per heavy atom. The molecule has 0 unspecified atom stereocenters. The molecule has 1 saturated carbocycles. The first-order valence-electron chi connectivity index (χ1n) is 8.65. The minimum atomic E-state index is 0.387. The molecule has 0 aromatic heterocycles. The van der Waals surface area contributed by atoms with Gasteiger partial charge >= 0.3 is 0 Å². The maximum absolute atomic E-state index is 3.83. The molecule has 0 aromatic rings. The zero-order valence-electron chi connectivity index (χ0n) is 13.4. The van der Waals surface area contributed by atoms with Crippen LogP contribution in [0.2, 0.25) is 0 Å². The van der Waals surface area contributed by atoms with E-state index in [1.165, 1.54) is 71.1 Å². The van der Waals surface area contributed by atoms with Gasteiger partial charge in [-0.05, 0) is 57.0 Å². The molecule has 2 rings (SSSR count). The predicted molar refractivity (Wildman–Crippen MR) is 83.5 cm³/mol. The smallest absolute Gasteiger partial charge is 0.0303 e. The van der Waals surface area contributed by atoms with Crippen LogP contribution in [0.5, 0.6) is 0 Å². The predicted octanol–water partition coefficient (Wildman–Crippen LogP) is 3.67. The SMILES string of the molecule is CCC1(CC)CN(CC2CCC(C)CC2)CCCN1. The highest BCUT2D eigenvalue weighted by Crippen LogP contribution is 2.30. The zero-order valence-corrected chi connectivity index (χ0v) is 13.4. The van der Waals surface area contributed by atoms with Gasteiger partial charge in [0.2, 0.25) is 0 Å². The van der Waals surface area contributed by atoms with Crippen molar-refractivity contribution < 1.29 is 0 Å². The van der Waals surface area contributed by atoms with E-state index in [2.05, 4.69) is 31.0 Å². The summed E-state index contributed by atoms with van der Waals surface area (Å²) in [5.74, 6) is 1.95. The molecule has 1 aliphatic carbocycles. The van der Waals surface area contributed by atoms with Crippen molar-refractivity contribution >= 4 is 0 Å². The molecular formula is C17H34N2. The Morgan fingerprint density at radius 3 is 2.42 bits per heavy atom. The lowest BCUT2D eigenvalue weighted by Gasteiger charge is -2.37. The fraction of sp³-hybridized carbons (Fsp3) is 1.00. The molecular weight excluding hydrogens is 232 g/mol. The maximum Gasteiger partial charge on any atom is 0.0303 e. The van der Waals surface area contributed by atoms with Gasteiger partial charge in [0.05, 0.1) is 0 Å². The van der Waals surface area contributed by atoms with Crippen LogP contribution in [0.4, 0.5) is 0 Å². The zero-order chi connectivity index (χ0) is 13.7. The maximum atomic E-state index is 3.83. The fourth-order valence-electron chi connectivity index (χ4n) is 3.98. The van der Waals surface area contributed by atoms with Gasteiger partial charge in [0, 0.05) is 18.6 Å². The summed E-state index contributed by atoms with van der Waals surface area (Å²) in [6.07, 6.45) is 9.72. The molecule has 1 heterocycles. The van der Waals surface area contributed by atoms with Crippen molar-refractivity contribution in [2.45, 2.75) is 71.3 Å². The van der Waals surface area contributed by atoms with E-state index in [1.54, 1.807) is 0 Å². The van der Waals surface area contributed by atoms with Gasteiger partial charge in [-0.1, -0.05) is 33.6 Å². The van der Waals surface area contributed by atoms with Crippen LogP contribution in [0.1, 0.15) is 65.7 Å². The van der Waals surface area contributed by atoms with Crippen molar-refractivity contribution in [1.82, 2.24) is 10.2 Å². The molecule has 2 nitrogen and oxygen atoms in total. The third kappa shape index (κ3) is 4.19. The molecule has 2 aliphatic rings. The monoisotopic (exact) mass is 266 g/mol. The van der Waals surface area contributed by atoms with E-state index in [9.17, 15) is 0 Å². The van der Waals surface area contributed by atoms with Gasteiger partial charge in [0.25, 0.3) is 0 Å². The third-order valence-corrected chi connectivity index (χ3v) is 5.68. The van der Waals surface area contributed by atoms with Gasteiger partial charge < -0.3 is 10.2 Å². The van der Waals surface area contributed by atoms with E-state index in [0.29, 0.717) is 5.54 Å². The Hall–Kier alpha value is -0.0800. The molecule has 1 saturated heterocycles. The first kappa shape index (κ1) is 15.3. The Labute approximate surface area is 120 Å². The normalized spacial score (nSPS) is 33.0. The van der Waals surface area contributed by atoms with Crippen molar-refractivity contribution in [3.63, 3.8) is 0 Å². The standard InChI is InChI=1S/C17H34N2/c1-4-17(5-2)14-19(12-6-11-18-17)13-16-9-7-15(3)8-10-16/h15-16,18H,4-14H2,1-3H3. The van der Waals surface area contributed by atoms with Crippen LogP contribution in [0.15, 0.2) is 0 Å². The molecule has 19 heavy (non-hydrogen) atoms. The second kappa shape index (κ2) is 7.08. The molecule has 112 valence electrons. The highest BCUT2D eigenvalue weighted by Gasteiger charge is 2.31. The van der Waals surface area contributed by atoms with Crippen LogP contribution < -0.4 is 5.32 Å². The lowest BCUT2D eigenvalue weighted by molar-refractivity contribution is 0.150. The van der Waals surface area contributed by atoms with Crippen molar-refractivity contribution in [1.29, 1.82) is 0 Å². The Kier molecular flexibility index (Phi) is 5.70.